The second kappa shape index (κ2) is 7.29. The molecule has 0 saturated heterocycles. The number of aromatic nitrogens is 3. The summed E-state index contributed by atoms with van der Waals surface area (Å²) in [6, 6.07) is 19.0. The Hall–Kier alpha value is -3.67. The van der Waals surface area contributed by atoms with Crippen LogP contribution < -0.4 is 10.1 Å². The number of amides is 1. The number of carbonyl (C=O) groups is 1. The first-order valence-electron chi connectivity index (χ1n) is 8.68. The van der Waals surface area contributed by atoms with E-state index in [1.165, 1.54) is 0 Å². The number of rotatable bonds is 5. The van der Waals surface area contributed by atoms with Crippen molar-refractivity contribution in [1.29, 1.82) is 0 Å². The van der Waals surface area contributed by atoms with Crippen LogP contribution >= 0.6 is 0 Å². The van der Waals surface area contributed by atoms with Gasteiger partial charge in [0.15, 0.2) is 5.65 Å². The molecule has 0 aliphatic heterocycles. The average Bonchev–Trinajstić information content (AvgIpc) is 3.15. The van der Waals surface area contributed by atoms with Crippen molar-refractivity contribution in [3.8, 4) is 17.0 Å². The molecule has 4 aromatic rings. The lowest BCUT2D eigenvalue weighted by molar-refractivity contribution is 0.102. The number of nitrogens with one attached hydrogen (secondary N) is 1. The Balaban J connectivity index is 1.63. The molecular weight excluding hydrogens is 340 g/mol. The molecule has 0 bridgehead atoms. The Bertz CT molecular complexity index is 1070. The van der Waals surface area contributed by atoms with Crippen LogP contribution in [0.4, 0.5) is 5.69 Å². The molecule has 6 heteroatoms. The maximum Gasteiger partial charge on any atom is 0.261 e. The maximum atomic E-state index is 12.7. The summed E-state index contributed by atoms with van der Waals surface area (Å²) in [6.45, 7) is 2.53. The van der Waals surface area contributed by atoms with E-state index in [0.29, 0.717) is 23.5 Å². The molecule has 0 fully saturated rings. The molecule has 0 unspecified atom stereocenters. The highest BCUT2D eigenvalue weighted by Crippen LogP contribution is 2.22. The second-order valence-electron chi connectivity index (χ2n) is 5.90. The highest BCUT2D eigenvalue weighted by molar-refractivity contribution is 6.08. The molecule has 2 aromatic heterocycles. The lowest BCUT2D eigenvalue weighted by atomic mass is 10.1. The van der Waals surface area contributed by atoms with Gasteiger partial charge in [-0.1, -0.05) is 30.3 Å². The van der Waals surface area contributed by atoms with Crippen molar-refractivity contribution in [3.05, 3.63) is 78.6 Å². The zero-order chi connectivity index (χ0) is 18.6. The van der Waals surface area contributed by atoms with Crippen molar-refractivity contribution in [2.45, 2.75) is 6.92 Å². The second-order valence-corrected chi connectivity index (χ2v) is 5.90. The van der Waals surface area contributed by atoms with Gasteiger partial charge in [0.1, 0.15) is 11.3 Å². The first-order valence-corrected chi connectivity index (χ1v) is 8.68. The van der Waals surface area contributed by atoms with Crippen LogP contribution in [0.1, 0.15) is 17.3 Å². The lowest BCUT2D eigenvalue weighted by Gasteiger charge is -2.07. The molecule has 2 aromatic carbocycles. The lowest BCUT2D eigenvalue weighted by Crippen LogP contribution is -2.12. The van der Waals surface area contributed by atoms with Gasteiger partial charge in [0.05, 0.1) is 18.5 Å². The van der Waals surface area contributed by atoms with Crippen molar-refractivity contribution in [3.63, 3.8) is 0 Å². The SMILES string of the molecule is CCOc1ccc(NC(=O)c2cnn3c(-c4ccccc4)ccnc23)cc1. The van der Waals surface area contributed by atoms with E-state index in [1.54, 1.807) is 29.0 Å². The first-order chi connectivity index (χ1) is 13.3. The molecule has 1 N–H and O–H groups in total. The molecule has 1 amide bonds. The Morgan fingerprint density at radius 1 is 1.07 bits per heavy atom. The molecule has 0 radical (unpaired) electrons. The standard InChI is InChI=1S/C21H18N4O2/c1-2-27-17-10-8-16(9-11-17)24-21(26)18-14-23-25-19(12-13-22-20(18)25)15-6-4-3-5-7-15/h3-14H,2H2,1H3,(H,24,26). The number of carbonyl (C=O) groups excluding carboxylic acids is 1. The summed E-state index contributed by atoms with van der Waals surface area (Å²) in [5.74, 6) is 0.507. The van der Waals surface area contributed by atoms with Crippen molar-refractivity contribution in [1.82, 2.24) is 14.6 Å². The van der Waals surface area contributed by atoms with Crippen molar-refractivity contribution in [2.24, 2.45) is 0 Å². The van der Waals surface area contributed by atoms with Crippen LogP contribution in [0.15, 0.2) is 73.1 Å². The molecule has 134 valence electrons. The van der Waals surface area contributed by atoms with Gasteiger partial charge in [0.25, 0.3) is 5.91 Å². The first kappa shape index (κ1) is 16.8. The summed E-state index contributed by atoms with van der Waals surface area (Å²) in [6.07, 6.45) is 3.23. The van der Waals surface area contributed by atoms with Gasteiger partial charge >= 0.3 is 0 Å². The fourth-order valence-electron chi connectivity index (χ4n) is 2.88. The third kappa shape index (κ3) is 3.37. The quantitative estimate of drug-likeness (QED) is 0.584. The molecule has 4 rings (SSSR count). The molecule has 0 saturated carbocycles. The molecule has 0 aliphatic carbocycles. The predicted octanol–water partition coefficient (Wildman–Crippen LogP) is 4.05. The van der Waals surface area contributed by atoms with Gasteiger partial charge < -0.3 is 10.1 Å². The van der Waals surface area contributed by atoms with Gasteiger partial charge in [0, 0.05) is 17.4 Å². The third-order valence-corrected chi connectivity index (χ3v) is 4.14. The van der Waals surface area contributed by atoms with E-state index in [2.05, 4.69) is 15.4 Å². The Morgan fingerprint density at radius 2 is 1.85 bits per heavy atom. The molecule has 0 spiro atoms. The Kier molecular flexibility index (Phi) is 4.53. The number of ether oxygens (including phenoxy) is 1. The van der Waals surface area contributed by atoms with Crippen LogP contribution in [0.5, 0.6) is 5.75 Å². The van der Waals surface area contributed by atoms with E-state index in [4.69, 9.17) is 4.74 Å². The maximum absolute atomic E-state index is 12.7. The van der Waals surface area contributed by atoms with Gasteiger partial charge in [-0.2, -0.15) is 5.10 Å². The zero-order valence-corrected chi connectivity index (χ0v) is 14.8. The van der Waals surface area contributed by atoms with Crippen LogP contribution in [-0.4, -0.2) is 27.1 Å². The number of nitrogens with zero attached hydrogens (tertiary/aromatic N) is 3. The van der Waals surface area contributed by atoms with E-state index in [-0.39, 0.29) is 5.91 Å². The molecule has 2 heterocycles. The van der Waals surface area contributed by atoms with E-state index in [0.717, 1.165) is 17.0 Å². The number of anilines is 1. The van der Waals surface area contributed by atoms with Crippen LogP contribution in [0, 0.1) is 0 Å². The summed E-state index contributed by atoms with van der Waals surface area (Å²) >= 11 is 0. The number of fused-ring (bicyclic) bond motifs is 1. The Labute approximate surface area is 156 Å². The van der Waals surface area contributed by atoms with Gasteiger partial charge in [0.2, 0.25) is 0 Å². The molecule has 27 heavy (non-hydrogen) atoms. The summed E-state index contributed by atoms with van der Waals surface area (Å²) in [5, 5.41) is 7.25. The van der Waals surface area contributed by atoms with E-state index in [9.17, 15) is 4.79 Å². The number of hydrogen-bond donors (Lipinski definition) is 1. The average molecular weight is 358 g/mol. The summed E-state index contributed by atoms with van der Waals surface area (Å²) < 4.78 is 7.10. The third-order valence-electron chi connectivity index (χ3n) is 4.14. The Morgan fingerprint density at radius 3 is 2.59 bits per heavy atom. The van der Waals surface area contributed by atoms with Crippen LogP contribution in [-0.2, 0) is 0 Å². The van der Waals surface area contributed by atoms with E-state index >= 15 is 0 Å². The van der Waals surface area contributed by atoms with Gasteiger partial charge in [-0.25, -0.2) is 9.50 Å². The normalized spacial score (nSPS) is 10.7. The van der Waals surface area contributed by atoms with Gasteiger partial charge in [-0.15, -0.1) is 0 Å². The van der Waals surface area contributed by atoms with Crippen LogP contribution in [0.25, 0.3) is 16.9 Å². The number of hydrogen-bond acceptors (Lipinski definition) is 4. The highest BCUT2D eigenvalue weighted by Gasteiger charge is 2.16. The predicted molar refractivity (Wildman–Crippen MR) is 104 cm³/mol. The van der Waals surface area contributed by atoms with Gasteiger partial charge in [-0.3, -0.25) is 4.79 Å². The molecule has 0 atom stereocenters. The minimum Gasteiger partial charge on any atom is -0.494 e. The fraction of sp³-hybridized carbons (Fsp3) is 0.0952. The highest BCUT2D eigenvalue weighted by atomic mass is 16.5. The monoisotopic (exact) mass is 358 g/mol. The number of benzene rings is 2. The van der Waals surface area contributed by atoms with Crippen molar-refractivity contribution < 1.29 is 9.53 Å². The fourth-order valence-corrected chi connectivity index (χ4v) is 2.88. The van der Waals surface area contributed by atoms with Crippen molar-refractivity contribution >= 4 is 17.2 Å². The zero-order valence-electron chi connectivity index (χ0n) is 14.8. The minimum absolute atomic E-state index is 0.258. The van der Waals surface area contributed by atoms with Gasteiger partial charge in [-0.05, 0) is 37.3 Å². The van der Waals surface area contributed by atoms with E-state index in [1.807, 2.05) is 55.5 Å². The van der Waals surface area contributed by atoms with Crippen LogP contribution in [0.2, 0.25) is 0 Å². The summed E-state index contributed by atoms with van der Waals surface area (Å²) in [7, 11) is 0. The molecular formula is C21H18N4O2. The molecule has 0 aliphatic rings. The van der Waals surface area contributed by atoms with Crippen LogP contribution in [0.3, 0.4) is 0 Å². The van der Waals surface area contributed by atoms with E-state index < -0.39 is 0 Å². The summed E-state index contributed by atoms with van der Waals surface area (Å²) in [4.78, 5) is 17.1. The minimum atomic E-state index is -0.258. The largest absolute Gasteiger partial charge is 0.494 e. The van der Waals surface area contributed by atoms with Crippen molar-refractivity contribution in [2.75, 3.05) is 11.9 Å². The topological polar surface area (TPSA) is 68.5 Å². The molecule has 6 nitrogen and oxygen atoms in total. The smallest absolute Gasteiger partial charge is 0.261 e. The summed E-state index contributed by atoms with van der Waals surface area (Å²) in [5.41, 5.74) is 3.50.